The van der Waals surface area contributed by atoms with Crippen LogP contribution in [0.4, 0.5) is 0 Å². The van der Waals surface area contributed by atoms with Gasteiger partial charge in [-0.25, -0.2) is 0 Å². The fourth-order valence-corrected chi connectivity index (χ4v) is 0.716. The van der Waals surface area contributed by atoms with Crippen LogP contribution in [-0.2, 0) is 4.84 Å². The normalized spacial score (nSPS) is 29.4. The molecule has 1 aliphatic heterocycles. The molecule has 1 atom stereocenters. The lowest BCUT2D eigenvalue weighted by Gasteiger charge is -1.93. The molecule has 0 aliphatic carbocycles. The van der Waals surface area contributed by atoms with E-state index in [2.05, 4.69) is 5.16 Å². The molecule has 0 aromatic carbocycles. The number of rotatable bonds is 0. The minimum absolute atomic E-state index is 0.187. The van der Waals surface area contributed by atoms with E-state index in [1.165, 1.54) is 0 Å². The maximum absolute atomic E-state index is 5.43. The lowest BCUT2D eigenvalue weighted by atomic mass is 10.3. The fraction of sp³-hybridized carbons (Fsp3) is 0.750. The van der Waals surface area contributed by atoms with Gasteiger partial charge in [0.25, 0.3) is 0 Å². The molecular formula is C4H6ClNO. The van der Waals surface area contributed by atoms with Crippen molar-refractivity contribution >= 4 is 16.8 Å². The van der Waals surface area contributed by atoms with E-state index in [1.54, 1.807) is 0 Å². The predicted octanol–water partition coefficient (Wildman–Crippen LogP) is 1.35. The van der Waals surface area contributed by atoms with Crippen molar-refractivity contribution < 1.29 is 4.84 Å². The molecule has 0 aromatic rings. The van der Waals surface area contributed by atoms with Crippen LogP contribution < -0.4 is 0 Å². The van der Waals surface area contributed by atoms with Gasteiger partial charge in [0.15, 0.2) is 0 Å². The van der Waals surface area contributed by atoms with Crippen molar-refractivity contribution in [3.05, 3.63) is 0 Å². The summed E-state index contributed by atoms with van der Waals surface area (Å²) in [6, 6.07) is 0. The highest BCUT2D eigenvalue weighted by Crippen LogP contribution is 2.10. The van der Waals surface area contributed by atoms with Crippen LogP contribution in [0.5, 0.6) is 0 Å². The Morgan fingerprint density at radius 1 is 2.00 bits per heavy atom. The topological polar surface area (TPSA) is 21.6 Å². The number of nitrogens with zero attached hydrogens (tertiary/aromatic N) is 1. The van der Waals surface area contributed by atoms with Crippen LogP contribution in [0.3, 0.4) is 0 Å². The Kier molecular flexibility index (Phi) is 1.19. The van der Waals surface area contributed by atoms with Gasteiger partial charge in [-0.2, -0.15) is 0 Å². The maximum Gasteiger partial charge on any atom is 0.149 e. The molecule has 2 nitrogen and oxygen atoms in total. The molecule has 0 unspecified atom stereocenters. The van der Waals surface area contributed by atoms with Gasteiger partial charge in [0, 0.05) is 6.42 Å². The highest BCUT2D eigenvalue weighted by molar-refractivity contribution is 6.65. The van der Waals surface area contributed by atoms with E-state index in [1.807, 2.05) is 6.92 Å². The minimum atomic E-state index is 0.187. The standard InChI is InChI=1S/C4H6ClNO/c1-3-2-4(5)6-7-3/h3H,2H2,1H3/t3-/m0/s1. The van der Waals surface area contributed by atoms with E-state index < -0.39 is 0 Å². The number of hydrogen-bond donors (Lipinski definition) is 0. The first-order valence-electron chi connectivity index (χ1n) is 2.17. The molecule has 1 rings (SSSR count). The molecule has 40 valence electrons. The number of halogens is 1. The van der Waals surface area contributed by atoms with Crippen molar-refractivity contribution in [1.82, 2.24) is 0 Å². The average Bonchev–Trinajstić information content (AvgIpc) is 1.87. The second-order valence-electron chi connectivity index (χ2n) is 1.59. The quantitative estimate of drug-likeness (QED) is 0.472. The summed E-state index contributed by atoms with van der Waals surface area (Å²) in [5.41, 5.74) is 0. The Balaban J connectivity index is 2.42. The van der Waals surface area contributed by atoms with Crippen molar-refractivity contribution in [3.8, 4) is 0 Å². The van der Waals surface area contributed by atoms with E-state index in [0.29, 0.717) is 5.17 Å². The summed E-state index contributed by atoms with van der Waals surface area (Å²) >= 11 is 5.43. The first-order chi connectivity index (χ1) is 3.29. The van der Waals surface area contributed by atoms with Gasteiger partial charge in [-0.3, -0.25) is 0 Å². The average molecular weight is 120 g/mol. The molecule has 0 bridgehead atoms. The Bertz CT molecular complexity index is 102. The molecule has 0 amide bonds. The molecule has 0 fully saturated rings. The number of oxime groups is 1. The summed E-state index contributed by atoms with van der Waals surface area (Å²) in [6.07, 6.45) is 0.953. The fourth-order valence-electron chi connectivity index (χ4n) is 0.459. The van der Waals surface area contributed by atoms with Crippen LogP contribution in [0.25, 0.3) is 0 Å². The van der Waals surface area contributed by atoms with Crippen LogP contribution in [0.1, 0.15) is 13.3 Å². The van der Waals surface area contributed by atoms with Crippen molar-refractivity contribution in [3.63, 3.8) is 0 Å². The Hall–Kier alpha value is -0.240. The third kappa shape index (κ3) is 1.06. The summed E-state index contributed by atoms with van der Waals surface area (Å²) in [5, 5.41) is 4.08. The zero-order chi connectivity index (χ0) is 5.28. The molecule has 0 saturated carbocycles. The summed E-state index contributed by atoms with van der Waals surface area (Å²) in [4.78, 5) is 4.72. The third-order valence-corrected chi connectivity index (χ3v) is 1.01. The third-order valence-electron chi connectivity index (χ3n) is 0.788. The van der Waals surface area contributed by atoms with Crippen LogP contribution in [0.2, 0.25) is 0 Å². The second kappa shape index (κ2) is 1.70. The van der Waals surface area contributed by atoms with Crippen LogP contribution in [0.15, 0.2) is 5.16 Å². The molecule has 0 spiro atoms. The van der Waals surface area contributed by atoms with Crippen molar-refractivity contribution in [2.75, 3.05) is 0 Å². The molecule has 1 heterocycles. The van der Waals surface area contributed by atoms with Crippen molar-refractivity contribution in [2.45, 2.75) is 19.4 Å². The lowest BCUT2D eigenvalue weighted by Crippen LogP contribution is -1.96. The van der Waals surface area contributed by atoms with E-state index in [0.717, 1.165) is 6.42 Å². The van der Waals surface area contributed by atoms with E-state index in [9.17, 15) is 0 Å². The predicted molar refractivity (Wildman–Crippen MR) is 28.5 cm³/mol. The molecule has 0 N–H and O–H groups in total. The van der Waals surface area contributed by atoms with Gasteiger partial charge in [-0.05, 0) is 6.92 Å². The second-order valence-corrected chi connectivity index (χ2v) is 2.02. The van der Waals surface area contributed by atoms with Gasteiger partial charge in [-0.1, -0.05) is 16.8 Å². The zero-order valence-electron chi connectivity index (χ0n) is 4.02. The molecular weight excluding hydrogens is 114 g/mol. The van der Waals surface area contributed by atoms with Gasteiger partial charge >= 0.3 is 0 Å². The SMILES string of the molecule is C[C@H]1CC(Cl)=NO1. The van der Waals surface area contributed by atoms with Crippen LogP contribution >= 0.6 is 11.6 Å². The summed E-state index contributed by atoms with van der Waals surface area (Å²) in [7, 11) is 0. The maximum atomic E-state index is 5.43. The van der Waals surface area contributed by atoms with Gasteiger partial charge in [-0.15, -0.1) is 0 Å². The molecule has 7 heavy (non-hydrogen) atoms. The molecule has 3 heteroatoms. The van der Waals surface area contributed by atoms with Crippen molar-refractivity contribution in [2.24, 2.45) is 5.16 Å². The number of hydrogen-bond acceptors (Lipinski definition) is 2. The van der Waals surface area contributed by atoms with E-state index in [4.69, 9.17) is 16.4 Å². The smallest absolute Gasteiger partial charge is 0.149 e. The Morgan fingerprint density at radius 2 is 2.71 bits per heavy atom. The highest BCUT2D eigenvalue weighted by Gasteiger charge is 2.12. The van der Waals surface area contributed by atoms with Gasteiger partial charge < -0.3 is 4.84 Å². The summed E-state index contributed by atoms with van der Waals surface area (Å²) in [5.74, 6) is 0. The van der Waals surface area contributed by atoms with E-state index >= 15 is 0 Å². The largest absolute Gasteiger partial charge is 0.391 e. The van der Waals surface area contributed by atoms with Crippen LogP contribution in [0, 0.1) is 0 Å². The summed E-state index contributed by atoms with van der Waals surface area (Å²) < 4.78 is 0. The molecule has 0 radical (unpaired) electrons. The first-order valence-corrected chi connectivity index (χ1v) is 2.55. The molecule has 0 aromatic heterocycles. The first kappa shape index (κ1) is 4.91. The molecule has 0 saturated heterocycles. The lowest BCUT2D eigenvalue weighted by molar-refractivity contribution is 0.0996. The van der Waals surface area contributed by atoms with Crippen LogP contribution in [-0.4, -0.2) is 11.3 Å². The highest BCUT2D eigenvalue weighted by atomic mass is 35.5. The monoisotopic (exact) mass is 119 g/mol. The van der Waals surface area contributed by atoms with E-state index in [-0.39, 0.29) is 6.10 Å². The van der Waals surface area contributed by atoms with Gasteiger partial charge in [0.1, 0.15) is 11.3 Å². The Morgan fingerprint density at radius 3 is 2.86 bits per heavy atom. The van der Waals surface area contributed by atoms with Crippen molar-refractivity contribution in [1.29, 1.82) is 0 Å². The molecule has 1 aliphatic rings. The van der Waals surface area contributed by atoms with Gasteiger partial charge in [0.2, 0.25) is 0 Å². The Labute approximate surface area is 47.1 Å². The zero-order valence-corrected chi connectivity index (χ0v) is 4.77. The summed E-state index contributed by atoms with van der Waals surface area (Å²) in [6.45, 7) is 1.93. The minimum Gasteiger partial charge on any atom is -0.391 e. The van der Waals surface area contributed by atoms with Gasteiger partial charge in [0.05, 0.1) is 0 Å².